The highest BCUT2D eigenvalue weighted by molar-refractivity contribution is 5.77. The SMILES string of the molecule is CCCCNC(=O)CN1CCN(Cc2cc(F)ccc2OC)CC1. The van der Waals surface area contributed by atoms with Gasteiger partial charge in [-0.25, -0.2) is 4.39 Å². The molecule has 0 spiro atoms. The summed E-state index contributed by atoms with van der Waals surface area (Å²) >= 11 is 0. The van der Waals surface area contributed by atoms with E-state index in [4.69, 9.17) is 4.74 Å². The van der Waals surface area contributed by atoms with E-state index in [0.29, 0.717) is 18.8 Å². The largest absolute Gasteiger partial charge is 0.496 e. The summed E-state index contributed by atoms with van der Waals surface area (Å²) in [6.45, 7) is 7.41. The average Bonchev–Trinajstić information content (AvgIpc) is 2.57. The lowest BCUT2D eigenvalue weighted by atomic mass is 10.1. The monoisotopic (exact) mass is 337 g/mol. The lowest BCUT2D eigenvalue weighted by molar-refractivity contribution is -0.122. The molecule has 24 heavy (non-hydrogen) atoms. The molecule has 1 heterocycles. The van der Waals surface area contributed by atoms with Crippen LogP contribution in [0.4, 0.5) is 4.39 Å². The number of hydrogen-bond donors (Lipinski definition) is 1. The fourth-order valence-electron chi connectivity index (χ4n) is 2.88. The fourth-order valence-corrected chi connectivity index (χ4v) is 2.88. The van der Waals surface area contributed by atoms with E-state index in [1.165, 1.54) is 12.1 Å². The van der Waals surface area contributed by atoms with E-state index in [1.807, 2.05) is 0 Å². The zero-order valence-electron chi connectivity index (χ0n) is 14.7. The van der Waals surface area contributed by atoms with Crippen LogP contribution in [0, 0.1) is 5.82 Å². The molecule has 6 heteroatoms. The van der Waals surface area contributed by atoms with Crippen LogP contribution in [0.1, 0.15) is 25.3 Å². The maximum atomic E-state index is 13.4. The van der Waals surface area contributed by atoms with Gasteiger partial charge in [0, 0.05) is 44.8 Å². The molecule has 1 amide bonds. The van der Waals surface area contributed by atoms with E-state index in [0.717, 1.165) is 51.1 Å². The molecule has 1 fully saturated rings. The molecule has 0 aliphatic carbocycles. The van der Waals surface area contributed by atoms with E-state index in [-0.39, 0.29) is 11.7 Å². The molecule has 0 unspecified atom stereocenters. The Kier molecular flexibility index (Phi) is 7.46. The van der Waals surface area contributed by atoms with Gasteiger partial charge >= 0.3 is 0 Å². The van der Waals surface area contributed by atoms with Crippen molar-refractivity contribution in [3.05, 3.63) is 29.6 Å². The van der Waals surface area contributed by atoms with Crippen LogP contribution in [0.2, 0.25) is 0 Å². The van der Waals surface area contributed by atoms with Gasteiger partial charge in [-0.15, -0.1) is 0 Å². The number of halogens is 1. The number of unbranched alkanes of at least 4 members (excludes halogenated alkanes) is 1. The Balaban J connectivity index is 1.77. The van der Waals surface area contributed by atoms with Gasteiger partial charge in [0.15, 0.2) is 0 Å². The molecule has 0 bridgehead atoms. The Morgan fingerprint density at radius 1 is 1.25 bits per heavy atom. The minimum atomic E-state index is -0.242. The molecular formula is C18H28FN3O2. The first-order valence-corrected chi connectivity index (χ1v) is 8.66. The predicted molar refractivity (Wildman–Crippen MR) is 92.6 cm³/mol. The third-order valence-corrected chi connectivity index (χ3v) is 4.32. The third-order valence-electron chi connectivity index (χ3n) is 4.32. The van der Waals surface area contributed by atoms with Crippen LogP contribution in [0.5, 0.6) is 5.75 Å². The Morgan fingerprint density at radius 3 is 2.62 bits per heavy atom. The van der Waals surface area contributed by atoms with E-state index < -0.39 is 0 Å². The van der Waals surface area contributed by atoms with E-state index in [9.17, 15) is 9.18 Å². The van der Waals surface area contributed by atoms with Gasteiger partial charge in [-0.2, -0.15) is 0 Å². The molecular weight excluding hydrogens is 309 g/mol. The van der Waals surface area contributed by atoms with Gasteiger partial charge in [0.05, 0.1) is 13.7 Å². The van der Waals surface area contributed by atoms with Crippen LogP contribution in [0.3, 0.4) is 0 Å². The van der Waals surface area contributed by atoms with Gasteiger partial charge in [0.1, 0.15) is 11.6 Å². The normalized spacial score (nSPS) is 16.1. The standard InChI is InChI=1S/C18H28FN3O2/c1-3-4-7-20-18(23)14-22-10-8-21(9-11-22)13-15-12-16(19)5-6-17(15)24-2/h5-6,12H,3-4,7-11,13-14H2,1-2H3,(H,20,23). The summed E-state index contributed by atoms with van der Waals surface area (Å²) in [6, 6.07) is 4.62. The number of amides is 1. The lowest BCUT2D eigenvalue weighted by Gasteiger charge is -2.34. The number of piperazine rings is 1. The summed E-state index contributed by atoms with van der Waals surface area (Å²) in [5, 5.41) is 2.95. The van der Waals surface area contributed by atoms with Crippen LogP contribution in [-0.4, -0.2) is 62.1 Å². The minimum Gasteiger partial charge on any atom is -0.496 e. The summed E-state index contributed by atoms with van der Waals surface area (Å²) < 4.78 is 18.7. The van der Waals surface area contributed by atoms with Crippen LogP contribution in [0.15, 0.2) is 18.2 Å². The molecule has 0 atom stereocenters. The molecule has 1 aliphatic heterocycles. The molecule has 1 saturated heterocycles. The van der Waals surface area contributed by atoms with Crippen molar-refractivity contribution in [2.75, 3.05) is 46.4 Å². The van der Waals surface area contributed by atoms with Crippen molar-refractivity contribution in [1.29, 1.82) is 0 Å². The molecule has 0 radical (unpaired) electrons. The maximum Gasteiger partial charge on any atom is 0.234 e. The number of nitrogens with one attached hydrogen (secondary N) is 1. The van der Waals surface area contributed by atoms with Crippen molar-refractivity contribution in [3.63, 3.8) is 0 Å². The van der Waals surface area contributed by atoms with Gasteiger partial charge in [-0.05, 0) is 24.6 Å². The Morgan fingerprint density at radius 2 is 1.96 bits per heavy atom. The van der Waals surface area contributed by atoms with Crippen molar-refractivity contribution in [2.24, 2.45) is 0 Å². The minimum absolute atomic E-state index is 0.101. The van der Waals surface area contributed by atoms with Crippen LogP contribution in [-0.2, 0) is 11.3 Å². The Labute approximate surface area is 143 Å². The summed E-state index contributed by atoms with van der Waals surface area (Å²) in [5.41, 5.74) is 0.864. The van der Waals surface area contributed by atoms with Crippen LogP contribution < -0.4 is 10.1 Å². The highest BCUT2D eigenvalue weighted by Gasteiger charge is 2.20. The Hall–Kier alpha value is -1.66. The molecule has 1 aromatic rings. The second-order valence-corrected chi connectivity index (χ2v) is 6.21. The van der Waals surface area contributed by atoms with Gasteiger partial charge in [0.2, 0.25) is 5.91 Å². The second kappa shape index (κ2) is 9.59. The van der Waals surface area contributed by atoms with Crippen molar-refractivity contribution in [3.8, 4) is 5.75 Å². The number of benzene rings is 1. The lowest BCUT2D eigenvalue weighted by Crippen LogP contribution is -2.49. The fraction of sp³-hybridized carbons (Fsp3) is 0.611. The number of rotatable bonds is 8. The van der Waals surface area contributed by atoms with Gasteiger partial charge in [-0.3, -0.25) is 14.6 Å². The molecule has 1 aromatic carbocycles. The first kappa shape index (κ1) is 18.7. The van der Waals surface area contributed by atoms with E-state index in [1.54, 1.807) is 13.2 Å². The summed E-state index contributed by atoms with van der Waals surface area (Å²) in [5.74, 6) is 0.575. The van der Waals surface area contributed by atoms with Crippen molar-refractivity contribution in [1.82, 2.24) is 15.1 Å². The van der Waals surface area contributed by atoms with Crippen LogP contribution >= 0.6 is 0 Å². The molecule has 1 N–H and O–H groups in total. The van der Waals surface area contributed by atoms with E-state index >= 15 is 0 Å². The summed E-state index contributed by atoms with van der Waals surface area (Å²) in [7, 11) is 1.60. The van der Waals surface area contributed by atoms with Gasteiger partial charge in [0.25, 0.3) is 0 Å². The first-order chi connectivity index (χ1) is 11.6. The number of methoxy groups -OCH3 is 1. The first-order valence-electron chi connectivity index (χ1n) is 8.66. The number of carbonyl (C=O) groups is 1. The smallest absolute Gasteiger partial charge is 0.234 e. The van der Waals surface area contributed by atoms with Crippen molar-refractivity contribution < 1.29 is 13.9 Å². The Bertz CT molecular complexity index is 531. The maximum absolute atomic E-state index is 13.4. The molecule has 2 rings (SSSR count). The summed E-state index contributed by atoms with van der Waals surface area (Å²) in [4.78, 5) is 16.3. The van der Waals surface area contributed by atoms with Crippen molar-refractivity contribution in [2.45, 2.75) is 26.3 Å². The highest BCUT2D eigenvalue weighted by Crippen LogP contribution is 2.21. The van der Waals surface area contributed by atoms with Crippen LogP contribution in [0.25, 0.3) is 0 Å². The second-order valence-electron chi connectivity index (χ2n) is 6.21. The number of nitrogens with zero attached hydrogens (tertiary/aromatic N) is 2. The summed E-state index contributed by atoms with van der Waals surface area (Å²) in [6.07, 6.45) is 2.11. The zero-order valence-corrected chi connectivity index (χ0v) is 14.7. The quantitative estimate of drug-likeness (QED) is 0.736. The van der Waals surface area contributed by atoms with E-state index in [2.05, 4.69) is 22.0 Å². The topological polar surface area (TPSA) is 44.8 Å². The van der Waals surface area contributed by atoms with Crippen molar-refractivity contribution >= 4 is 5.91 Å². The number of carbonyl (C=O) groups excluding carboxylic acids is 1. The highest BCUT2D eigenvalue weighted by atomic mass is 19.1. The molecule has 134 valence electrons. The molecule has 1 aliphatic rings. The molecule has 0 saturated carbocycles. The number of ether oxygens (including phenoxy) is 1. The number of hydrogen-bond acceptors (Lipinski definition) is 4. The van der Waals surface area contributed by atoms with Gasteiger partial charge in [-0.1, -0.05) is 13.3 Å². The molecule has 5 nitrogen and oxygen atoms in total. The zero-order chi connectivity index (χ0) is 17.4. The predicted octanol–water partition coefficient (Wildman–Crippen LogP) is 1.87. The van der Waals surface area contributed by atoms with Gasteiger partial charge < -0.3 is 10.1 Å². The third kappa shape index (κ3) is 5.76. The average molecular weight is 337 g/mol. The molecule has 0 aromatic heterocycles.